The summed E-state index contributed by atoms with van der Waals surface area (Å²) in [7, 11) is 1.34. The van der Waals surface area contributed by atoms with E-state index < -0.39 is 0 Å². The van der Waals surface area contributed by atoms with Gasteiger partial charge in [-0.15, -0.1) is 11.3 Å². The van der Waals surface area contributed by atoms with Crippen LogP contribution < -0.4 is 5.32 Å². The van der Waals surface area contributed by atoms with E-state index in [0.29, 0.717) is 6.54 Å². The van der Waals surface area contributed by atoms with Crippen LogP contribution in [-0.4, -0.2) is 25.5 Å². The number of aryl methyl sites for hydroxylation is 2. The Balaban J connectivity index is 1.89. The molecule has 0 bridgehead atoms. The Hall–Kier alpha value is -1.36. The van der Waals surface area contributed by atoms with Crippen LogP contribution in [0.4, 0.5) is 0 Å². The highest BCUT2D eigenvalue weighted by molar-refractivity contribution is 7.14. The second-order valence-corrected chi connectivity index (χ2v) is 5.48. The van der Waals surface area contributed by atoms with Crippen LogP contribution in [0.2, 0.25) is 0 Å². The van der Waals surface area contributed by atoms with Gasteiger partial charge in [-0.2, -0.15) is 0 Å². The maximum atomic E-state index is 11.9. The molecule has 1 aliphatic carbocycles. The van der Waals surface area contributed by atoms with E-state index in [4.69, 9.17) is 0 Å². The summed E-state index contributed by atoms with van der Waals surface area (Å²) < 4.78 is 4.52. The summed E-state index contributed by atoms with van der Waals surface area (Å²) in [6.45, 7) is 0.327. The average molecular weight is 267 g/mol. The highest BCUT2D eigenvalue weighted by atomic mass is 32.1. The number of ether oxygens (including phenoxy) is 1. The number of methoxy groups -OCH3 is 1. The first-order chi connectivity index (χ1) is 8.70. The molecule has 0 spiro atoms. The van der Waals surface area contributed by atoms with Gasteiger partial charge < -0.3 is 10.1 Å². The minimum Gasteiger partial charge on any atom is -0.469 e. The molecule has 1 aromatic rings. The molecule has 0 saturated heterocycles. The van der Waals surface area contributed by atoms with Crippen LogP contribution >= 0.6 is 11.3 Å². The van der Waals surface area contributed by atoms with Crippen molar-refractivity contribution in [3.63, 3.8) is 0 Å². The predicted octanol–water partition coefficient (Wildman–Crippen LogP) is 1.92. The molecule has 2 rings (SSSR count). The minimum absolute atomic E-state index is 0.0849. The molecule has 4 nitrogen and oxygen atoms in total. The summed E-state index contributed by atoms with van der Waals surface area (Å²) in [6, 6.07) is 1.99. The van der Waals surface area contributed by atoms with Gasteiger partial charge in [0.15, 0.2) is 0 Å². The van der Waals surface area contributed by atoms with Crippen molar-refractivity contribution in [3.8, 4) is 0 Å². The van der Waals surface area contributed by atoms with Gasteiger partial charge in [-0.25, -0.2) is 0 Å². The lowest BCUT2D eigenvalue weighted by molar-refractivity contribution is -0.140. The van der Waals surface area contributed by atoms with Gasteiger partial charge in [0, 0.05) is 11.4 Å². The number of hydrogen-bond acceptors (Lipinski definition) is 4. The number of hydrogen-bond donors (Lipinski definition) is 1. The largest absolute Gasteiger partial charge is 0.469 e. The van der Waals surface area contributed by atoms with Crippen LogP contribution in [0.5, 0.6) is 0 Å². The Kier molecular flexibility index (Phi) is 4.36. The highest BCUT2D eigenvalue weighted by Crippen LogP contribution is 2.29. The monoisotopic (exact) mass is 267 g/mol. The lowest BCUT2D eigenvalue weighted by atomic mass is 9.99. The molecule has 0 fully saturated rings. The third-order valence-electron chi connectivity index (χ3n) is 3.06. The number of nitrogens with one attached hydrogen (secondary N) is 1. The molecule has 1 heterocycles. The topological polar surface area (TPSA) is 55.4 Å². The van der Waals surface area contributed by atoms with Crippen LogP contribution in [0.1, 0.15) is 39.4 Å². The summed E-state index contributed by atoms with van der Waals surface area (Å²) in [4.78, 5) is 24.9. The minimum atomic E-state index is -0.305. The van der Waals surface area contributed by atoms with E-state index >= 15 is 0 Å². The number of esters is 1. The van der Waals surface area contributed by atoms with Crippen molar-refractivity contribution in [3.05, 3.63) is 21.4 Å². The Bertz CT molecular complexity index is 430. The molecule has 0 saturated carbocycles. The van der Waals surface area contributed by atoms with Gasteiger partial charge in [-0.3, -0.25) is 9.59 Å². The van der Waals surface area contributed by atoms with Crippen LogP contribution in [0.3, 0.4) is 0 Å². The van der Waals surface area contributed by atoms with Crippen molar-refractivity contribution < 1.29 is 14.3 Å². The van der Waals surface area contributed by atoms with Crippen LogP contribution in [0.15, 0.2) is 6.07 Å². The van der Waals surface area contributed by atoms with E-state index in [9.17, 15) is 9.59 Å². The van der Waals surface area contributed by atoms with Crippen LogP contribution in [0.25, 0.3) is 0 Å². The zero-order valence-electron chi connectivity index (χ0n) is 10.5. The van der Waals surface area contributed by atoms with E-state index in [0.717, 1.165) is 17.7 Å². The van der Waals surface area contributed by atoms with Crippen LogP contribution in [-0.2, 0) is 22.4 Å². The molecule has 0 aromatic carbocycles. The van der Waals surface area contributed by atoms with Crippen molar-refractivity contribution in [1.82, 2.24) is 5.32 Å². The molecule has 1 N–H and O–H groups in total. The second-order valence-electron chi connectivity index (χ2n) is 4.35. The zero-order valence-corrected chi connectivity index (χ0v) is 11.3. The fourth-order valence-electron chi connectivity index (χ4n) is 2.07. The molecule has 98 valence electrons. The smallest absolute Gasteiger partial charge is 0.307 e. The Morgan fingerprint density at radius 2 is 2.17 bits per heavy atom. The molecule has 0 atom stereocenters. The standard InChI is InChI=1S/C13H17NO3S/c1-17-12(15)6-7-14-13(16)11-8-9-4-2-3-5-10(9)18-11/h8H,2-7H2,1H3,(H,14,16). The number of amides is 1. The van der Waals surface area contributed by atoms with Crippen molar-refractivity contribution >= 4 is 23.2 Å². The third-order valence-corrected chi connectivity index (χ3v) is 4.30. The molecule has 1 amide bonds. The maximum Gasteiger partial charge on any atom is 0.307 e. The van der Waals surface area contributed by atoms with Gasteiger partial charge in [-0.1, -0.05) is 0 Å². The van der Waals surface area contributed by atoms with Gasteiger partial charge in [0.1, 0.15) is 0 Å². The summed E-state index contributed by atoms with van der Waals surface area (Å²) in [5.41, 5.74) is 1.32. The van der Waals surface area contributed by atoms with Crippen molar-refractivity contribution in [2.24, 2.45) is 0 Å². The van der Waals surface area contributed by atoms with Crippen molar-refractivity contribution in [2.45, 2.75) is 32.1 Å². The number of fused-ring (bicyclic) bond motifs is 1. The Morgan fingerprint density at radius 1 is 1.39 bits per heavy atom. The van der Waals surface area contributed by atoms with Gasteiger partial charge >= 0.3 is 5.97 Å². The molecule has 5 heteroatoms. The molecule has 0 aliphatic heterocycles. The van der Waals surface area contributed by atoms with Crippen molar-refractivity contribution in [2.75, 3.05) is 13.7 Å². The molecular formula is C13H17NO3S. The summed E-state index contributed by atoms with van der Waals surface area (Å²) in [6.07, 6.45) is 4.83. The Morgan fingerprint density at radius 3 is 2.89 bits per heavy atom. The number of thiophene rings is 1. The van der Waals surface area contributed by atoms with Gasteiger partial charge in [0.05, 0.1) is 18.4 Å². The fraction of sp³-hybridized carbons (Fsp3) is 0.538. The first kappa shape index (κ1) is 13.1. The lowest BCUT2D eigenvalue weighted by Crippen LogP contribution is -2.25. The average Bonchev–Trinajstić information content (AvgIpc) is 2.82. The SMILES string of the molecule is COC(=O)CCNC(=O)c1cc2c(s1)CCCC2. The summed E-state index contributed by atoms with van der Waals surface area (Å²) in [5, 5.41) is 2.74. The molecule has 0 unspecified atom stereocenters. The van der Waals surface area contributed by atoms with Gasteiger partial charge in [0.2, 0.25) is 0 Å². The van der Waals surface area contributed by atoms with Crippen LogP contribution in [0, 0.1) is 0 Å². The van der Waals surface area contributed by atoms with E-state index in [-0.39, 0.29) is 18.3 Å². The lowest BCUT2D eigenvalue weighted by Gasteiger charge is -2.08. The first-order valence-electron chi connectivity index (χ1n) is 6.17. The van der Waals surface area contributed by atoms with E-state index in [1.807, 2.05) is 6.07 Å². The Labute approximate surface area is 110 Å². The van der Waals surface area contributed by atoms with E-state index in [2.05, 4.69) is 10.1 Å². The summed E-state index contributed by atoms with van der Waals surface area (Å²) >= 11 is 1.58. The van der Waals surface area contributed by atoms with Gasteiger partial charge in [-0.05, 0) is 37.3 Å². The molecule has 1 aliphatic rings. The third kappa shape index (κ3) is 3.10. The second kappa shape index (κ2) is 6.00. The quantitative estimate of drug-likeness (QED) is 0.848. The molecule has 1 aromatic heterocycles. The first-order valence-corrected chi connectivity index (χ1v) is 6.99. The zero-order chi connectivity index (χ0) is 13.0. The van der Waals surface area contributed by atoms with E-state index in [1.54, 1.807) is 11.3 Å². The number of rotatable bonds is 4. The normalized spacial score (nSPS) is 13.8. The number of carbonyl (C=O) groups excluding carboxylic acids is 2. The molecule has 0 radical (unpaired) electrons. The molecule has 18 heavy (non-hydrogen) atoms. The fourth-order valence-corrected chi connectivity index (χ4v) is 3.24. The predicted molar refractivity (Wildman–Crippen MR) is 69.9 cm³/mol. The van der Waals surface area contributed by atoms with E-state index in [1.165, 1.54) is 30.4 Å². The number of carbonyl (C=O) groups is 2. The summed E-state index contributed by atoms with van der Waals surface area (Å²) in [5.74, 6) is -0.390. The van der Waals surface area contributed by atoms with Gasteiger partial charge in [0.25, 0.3) is 5.91 Å². The maximum absolute atomic E-state index is 11.9. The van der Waals surface area contributed by atoms with Crippen molar-refractivity contribution in [1.29, 1.82) is 0 Å². The highest BCUT2D eigenvalue weighted by Gasteiger charge is 2.17. The molecular weight excluding hydrogens is 250 g/mol.